The van der Waals surface area contributed by atoms with Crippen LogP contribution in [-0.2, 0) is 11.3 Å². The van der Waals surface area contributed by atoms with Crippen molar-refractivity contribution in [2.45, 2.75) is 13.5 Å². The standard InChI is InChI=1S/C16H17NO4/c1-2-20-16(19)14-9-12(17)6-7-15(14)21-13-5-3-4-11(8-13)10-18/h3-9,18H,2,10,17H2,1H3. The number of esters is 1. The average Bonchev–Trinajstić information content (AvgIpc) is 2.49. The fourth-order valence-electron chi connectivity index (χ4n) is 1.84. The van der Waals surface area contributed by atoms with E-state index in [0.717, 1.165) is 5.56 Å². The van der Waals surface area contributed by atoms with Gasteiger partial charge in [-0.3, -0.25) is 0 Å². The summed E-state index contributed by atoms with van der Waals surface area (Å²) in [6, 6.07) is 11.8. The summed E-state index contributed by atoms with van der Waals surface area (Å²) in [6.07, 6.45) is 0. The third-order valence-corrected chi connectivity index (χ3v) is 2.81. The third kappa shape index (κ3) is 3.73. The van der Waals surface area contributed by atoms with E-state index in [1.807, 2.05) is 0 Å². The molecule has 3 N–H and O–H groups in total. The molecule has 110 valence electrons. The van der Waals surface area contributed by atoms with Gasteiger partial charge < -0.3 is 20.3 Å². The minimum atomic E-state index is -0.488. The van der Waals surface area contributed by atoms with E-state index in [4.69, 9.17) is 20.3 Å². The number of hydrogen-bond donors (Lipinski definition) is 2. The lowest BCUT2D eigenvalue weighted by molar-refractivity contribution is 0.0523. The Morgan fingerprint density at radius 3 is 2.76 bits per heavy atom. The van der Waals surface area contributed by atoms with Crippen molar-refractivity contribution < 1.29 is 19.4 Å². The highest BCUT2D eigenvalue weighted by Gasteiger charge is 2.15. The molecule has 0 aliphatic heterocycles. The normalized spacial score (nSPS) is 10.2. The zero-order chi connectivity index (χ0) is 15.2. The molecule has 5 heteroatoms. The highest BCUT2D eigenvalue weighted by molar-refractivity contribution is 5.93. The van der Waals surface area contributed by atoms with Crippen LogP contribution in [0.5, 0.6) is 11.5 Å². The predicted molar refractivity (Wildman–Crippen MR) is 79.2 cm³/mol. The van der Waals surface area contributed by atoms with Crippen molar-refractivity contribution in [3.63, 3.8) is 0 Å². The van der Waals surface area contributed by atoms with Crippen LogP contribution in [0.1, 0.15) is 22.8 Å². The number of ether oxygens (including phenoxy) is 2. The maximum Gasteiger partial charge on any atom is 0.342 e. The molecular formula is C16H17NO4. The minimum Gasteiger partial charge on any atom is -0.462 e. The summed E-state index contributed by atoms with van der Waals surface area (Å²) in [5.41, 5.74) is 7.15. The zero-order valence-corrected chi connectivity index (χ0v) is 11.7. The molecule has 2 aromatic rings. The van der Waals surface area contributed by atoms with Crippen LogP contribution >= 0.6 is 0 Å². The summed E-state index contributed by atoms with van der Waals surface area (Å²) in [5.74, 6) is 0.396. The second-order valence-corrected chi connectivity index (χ2v) is 4.38. The number of anilines is 1. The van der Waals surface area contributed by atoms with E-state index in [1.165, 1.54) is 6.07 Å². The third-order valence-electron chi connectivity index (χ3n) is 2.81. The van der Waals surface area contributed by atoms with E-state index in [1.54, 1.807) is 43.3 Å². The predicted octanol–water partition coefficient (Wildman–Crippen LogP) is 2.73. The van der Waals surface area contributed by atoms with Crippen molar-refractivity contribution in [3.05, 3.63) is 53.6 Å². The molecule has 0 unspecified atom stereocenters. The Balaban J connectivity index is 2.32. The van der Waals surface area contributed by atoms with Crippen LogP contribution in [0.15, 0.2) is 42.5 Å². The summed E-state index contributed by atoms with van der Waals surface area (Å²) in [7, 11) is 0. The van der Waals surface area contributed by atoms with Gasteiger partial charge in [0, 0.05) is 5.69 Å². The van der Waals surface area contributed by atoms with E-state index in [0.29, 0.717) is 17.2 Å². The van der Waals surface area contributed by atoms with Crippen LogP contribution in [-0.4, -0.2) is 17.7 Å². The van der Waals surface area contributed by atoms with Crippen LogP contribution in [0.25, 0.3) is 0 Å². The number of benzene rings is 2. The molecule has 0 saturated heterocycles. The summed E-state index contributed by atoms with van der Waals surface area (Å²) < 4.78 is 10.7. The van der Waals surface area contributed by atoms with Gasteiger partial charge in [-0.15, -0.1) is 0 Å². The summed E-state index contributed by atoms with van der Waals surface area (Å²) in [5, 5.41) is 9.13. The first-order valence-corrected chi connectivity index (χ1v) is 6.58. The zero-order valence-electron chi connectivity index (χ0n) is 11.7. The topological polar surface area (TPSA) is 81.8 Å². The number of rotatable bonds is 5. The van der Waals surface area contributed by atoms with Crippen LogP contribution in [0, 0.1) is 0 Å². The number of aliphatic hydroxyl groups excluding tert-OH is 1. The molecule has 0 fully saturated rings. The van der Waals surface area contributed by atoms with E-state index >= 15 is 0 Å². The summed E-state index contributed by atoms with van der Waals surface area (Å²) >= 11 is 0. The van der Waals surface area contributed by atoms with Crippen LogP contribution in [0.2, 0.25) is 0 Å². The van der Waals surface area contributed by atoms with Gasteiger partial charge in [-0.2, -0.15) is 0 Å². The Morgan fingerprint density at radius 1 is 1.24 bits per heavy atom. The lowest BCUT2D eigenvalue weighted by Crippen LogP contribution is -2.07. The number of nitrogen functional groups attached to an aromatic ring is 1. The summed E-state index contributed by atoms with van der Waals surface area (Å²) in [6.45, 7) is 1.92. The van der Waals surface area contributed by atoms with Gasteiger partial charge in [0.05, 0.1) is 13.2 Å². The Morgan fingerprint density at radius 2 is 2.05 bits per heavy atom. The van der Waals surface area contributed by atoms with Gasteiger partial charge in [0.15, 0.2) is 0 Å². The Hall–Kier alpha value is -2.53. The Labute approximate surface area is 122 Å². The van der Waals surface area contributed by atoms with Crippen LogP contribution in [0.3, 0.4) is 0 Å². The molecule has 0 aliphatic rings. The molecule has 0 atom stereocenters. The number of aliphatic hydroxyl groups is 1. The molecule has 0 spiro atoms. The molecule has 0 bridgehead atoms. The van der Waals surface area contributed by atoms with Crippen LogP contribution < -0.4 is 10.5 Å². The molecule has 0 saturated carbocycles. The first-order valence-electron chi connectivity index (χ1n) is 6.58. The lowest BCUT2D eigenvalue weighted by atomic mass is 10.1. The van der Waals surface area contributed by atoms with E-state index in [2.05, 4.69) is 0 Å². The SMILES string of the molecule is CCOC(=O)c1cc(N)ccc1Oc1cccc(CO)c1. The maximum absolute atomic E-state index is 11.9. The van der Waals surface area contributed by atoms with Crippen LogP contribution in [0.4, 0.5) is 5.69 Å². The van der Waals surface area contributed by atoms with Crippen molar-refractivity contribution >= 4 is 11.7 Å². The van der Waals surface area contributed by atoms with Crippen molar-refractivity contribution in [2.24, 2.45) is 0 Å². The molecular weight excluding hydrogens is 270 g/mol. The van der Waals surface area contributed by atoms with Gasteiger partial charge in [0.2, 0.25) is 0 Å². The first-order chi connectivity index (χ1) is 10.1. The smallest absolute Gasteiger partial charge is 0.342 e. The molecule has 5 nitrogen and oxygen atoms in total. The second kappa shape index (κ2) is 6.76. The molecule has 2 rings (SSSR count). The van der Waals surface area contributed by atoms with Crippen molar-refractivity contribution in [1.82, 2.24) is 0 Å². The van der Waals surface area contributed by atoms with Gasteiger partial charge in [-0.05, 0) is 42.8 Å². The maximum atomic E-state index is 11.9. The highest BCUT2D eigenvalue weighted by atomic mass is 16.5. The molecule has 0 radical (unpaired) electrons. The molecule has 21 heavy (non-hydrogen) atoms. The first kappa shape index (κ1) is 14.9. The number of hydrogen-bond acceptors (Lipinski definition) is 5. The average molecular weight is 287 g/mol. The number of carbonyl (C=O) groups is 1. The minimum absolute atomic E-state index is 0.0797. The fraction of sp³-hybridized carbons (Fsp3) is 0.188. The molecule has 2 aromatic carbocycles. The van der Waals surface area contributed by atoms with E-state index in [-0.39, 0.29) is 18.8 Å². The quantitative estimate of drug-likeness (QED) is 0.652. The van der Waals surface area contributed by atoms with Gasteiger partial charge in [0.25, 0.3) is 0 Å². The summed E-state index contributed by atoms with van der Waals surface area (Å²) in [4.78, 5) is 11.9. The van der Waals surface area contributed by atoms with Crippen molar-refractivity contribution in [2.75, 3.05) is 12.3 Å². The lowest BCUT2D eigenvalue weighted by Gasteiger charge is -2.12. The molecule has 0 heterocycles. The molecule has 0 aromatic heterocycles. The van der Waals surface area contributed by atoms with Gasteiger partial charge >= 0.3 is 5.97 Å². The van der Waals surface area contributed by atoms with Gasteiger partial charge in [-0.1, -0.05) is 12.1 Å². The largest absolute Gasteiger partial charge is 0.462 e. The van der Waals surface area contributed by atoms with Crippen molar-refractivity contribution in [3.8, 4) is 11.5 Å². The van der Waals surface area contributed by atoms with Gasteiger partial charge in [-0.25, -0.2) is 4.79 Å². The number of carbonyl (C=O) groups excluding carboxylic acids is 1. The van der Waals surface area contributed by atoms with E-state index < -0.39 is 5.97 Å². The molecule has 0 aliphatic carbocycles. The highest BCUT2D eigenvalue weighted by Crippen LogP contribution is 2.28. The number of nitrogens with two attached hydrogens (primary N) is 1. The molecule has 0 amide bonds. The Kier molecular flexibility index (Phi) is 4.79. The Bertz CT molecular complexity index is 640. The second-order valence-electron chi connectivity index (χ2n) is 4.38. The van der Waals surface area contributed by atoms with E-state index in [9.17, 15) is 4.79 Å². The van der Waals surface area contributed by atoms with Gasteiger partial charge in [0.1, 0.15) is 17.1 Å². The monoisotopic (exact) mass is 287 g/mol. The van der Waals surface area contributed by atoms with Crippen molar-refractivity contribution in [1.29, 1.82) is 0 Å². The fourth-order valence-corrected chi connectivity index (χ4v) is 1.84.